The molecule has 0 saturated carbocycles. The van der Waals surface area contributed by atoms with Crippen molar-refractivity contribution < 1.29 is 18.0 Å². The van der Waals surface area contributed by atoms with Crippen LogP contribution < -0.4 is 10.6 Å². The maximum atomic E-state index is 13.0. The summed E-state index contributed by atoms with van der Waals surface area (Å²) in [5, 5.41) is 19.9. The standard InChI is InChI=1S/C23H14ClF3N6OS/c24-16-7-6-14(23(25,26)27)12-18(16)29-22(34)28-15-4-1-3-13(11-15)17-8-9-20-30-31-21(33(20)32-17)19-5-2-10-35-19/h1-12H,(H2,28,29,34). The van der Waals surface area contributed by atoms with E-state index in [1.54, 1.807) is 34.8 Å². The van der Waals surface area contributed by atoms with E-state index in [0.29, 0.717) is 28.4 Å². The summed E-state index contributed by atoms with van der Waals surface area (Å²) in [6.07, 6.45) is -4.56. The Labute approximate surface area is 205 Å². The Balaban J connectivity index is 1.38. The van der Waals surface area contributed by atoms with Crippen molar-refractivity contribution in [2.75, 3.05) is 10.6 Å². The average molecular weight is 515 g/mol. The molecule has 0 radical (unpaired) electrons. The number of nitrogens with zero attached hydrogens (tertiary/aromatic N) is 4. The monoisotopic (exact) mass is 514 g/mol. The van der Waals surface area contributed by atoms with Gasteiger partial charge in [0.05, 0.1) is 26.8 Å². The minimum absolute atomic E-state index is 0.0186. The second-order valence-corrected chi connectivity index (χ2v) is 8.70. The van der Waals surface area contributed by atoms with E-state index in [9.17, 15) is 18.0 Å². The van der Waals surface area contributed by atoms with Crippen LogP contribution in [0.3, 0.4) is 0 Å². The van der Waals surface area contributed by atoms with Crippen molar-refractivity contribution in [3.63, 3.8) is 0 Å². The van der Waals surface area contributed by atoms with Crippen LogP contribution in [0.2, 0.25) is 5.02 Å². The topological polar surface area (TPSA) is 84.2 Å². The molecule has 0 saturated heterocycles. The Bertz CT molecular complexity index is 1530. The fraction of sp³-hybridized carbons (Fsp3) is 0.0435. The van der Waals surface area contributed by atoms with Gasteiger partial charge in [0.15, 0.2) is 11.5 Å². The highest BCUT2D eigenvalue weighted by atomic mass is 35.5. The predicted molar refractivity (Wildman–Crippen MR) is 129 cm³/mol. The number of hydrogen-bond acceptors (Lipinski definition) is 5. The smallest absolute Gasteiger partial charge is 0.308 e. The van der Waals surface area contributed by atoms with Gasteiger partial charge in [-0.05, 0) is 53.9 Å². The summed E-state index contributed by atoms with van der Waals surface area (Å²) in [7, 11) is 0. The van der Waals surface area contributed by atoms with Crippen LogP contribution in [0.1, 0.15) is 5.56 Å². The van der Waals surface area contributed by atoms with Crippen LogP contribution in [-0.2, 0) is 6.18 Å². The van der Waals surface area contributed by atoms with Gasteiger partial charge in [-0.2, -0.15) is 22.8 Å². The zero-order chi connectivity index (χ0) is 24.6. The Hall–Kier alpha value is -3.96. The molecule has 0 aliphatic carbocycles. The molecule has 0 bridgehead atoms. The van der Waals surface area contributed by atoms with Gasteiger partial charge < -0.3 is 10.6 Å². The molecule has 2 N–H and O–H groups in total. The Kier molecular flexibility index (Phi) is 5.87. The molecular weight excluding hydrogens is 501 g/mol. The number of halogens is 4. The molecule has 0 aliphatic heterocycles. The second-order valence-electron chi connectivity index (χ2n) is 7.34. The molecule has 0 atom stereocenters. The number of thiophene rings is 1. The van der Waals surface area contributed by atoms with E-state index in [2.05, 4.69) is 25.9 Å². The van der Waals surface area contributed by atoms with E-state index in [-0.39, 0.29) is 10.7 Å². The molecule has 7 nitrogen and oxygen atoms in total. The largest absolute Gasteiger partial charge is 0.416 e. The fourth-order valence-electron chi connectivity index (χ4n) is 3.34. The number of nitrogens with one attached hydrogen (secondary N) is 2. The molecule has 12 heteroatoms. The highest BCUT2D eigenvalue weighted by Crippen LogP contribution is 2.34. The van der Waals surface area contributed by atoms with Crippen LogP contribution in [0.25, 0.3) is 27.6 Å². The van der Waals surface area contributed by atoms with E-state index in [0.717, 1.165) is 23.1 Å². The van der Waals surface area contributed by atoms with Crippen molar-refractivity contribution in [2.45, 2.75) is 6.18 Å². The molecule has 0 fully saturated rings. The first-order chi connectivity index (χ1) is 16.8. The summed E-state index contributed by atoms with van der Waals surface area (Å²) in [6.45, 7) is 0. The molecule has 0 aliphatic rings. The number of benzene rings is 2. The maximum Gasteiger partial charge on any atom is 0.416 e. The number of hydrogen-bond donors (Lipinski definition) is 2. The van der Waals surface area contributed by atoms with E-state index < -0.39 is 17.8 Å². The van der Waals surface area contributed by atoms with E-state index in [1.165, 1.54) is 11.3 Å². The number of aromatic nitrogens is 4. The first-order valence-electron chi connectivity index (χ1n) is 10.1. The molecule has 5 rings (SSSR count). The van der Waals surface area contributed by atoms with Gasteiger partial charge in [-0.3, -0.25) is 0 Å². The number of anilines is 2. The van der Waals surface area contributed by atoms with Crippen LogP contribution >= 0.6 is 22.9 Å². The summed E-state index contributed by atoms with van der Waals surface area (Å²) >= 11 is 7.48. The number of carbonyl (C=O) groups excluding carboxylic acids is 1. The maximum absolute atomic E-state index is 13.0. The lowest BCUT2D eigenvalue weighted by atomic mass is 10.1. The number of rotatable bonds is 4. The summed E-state index contributed by atoms with van der Waals surface area (Å²) in [4.78, 5) is 13.4. The molecule has 3 aromatic heterocycles. The summed E-state index contributed by atoms with van der Waals surface area (Å²) in [5.41, 5.74) is 1.23. The van der Waals surface area contributed by atoms with E-state index >= 15 is 0 Å². The lowest BCUT2D eigenvalue weighted by molar-refractivity contribution is -0.137. The molecule has 0 spiro atoms. The third-order valence-electron chi connectivity index (χ3n) is 4.96. The molecule has 0 unspecified atom stereocenters. The highest BCUT2D eigenvalue weighted by molar-refractivity contribution is 7.13. The molecule has 2 amide bonds. The SMILES string of the molecule is O=C(Nc1cccc(-c2ccc3nnc(-c4cccs4)n3n2)c1)Nc1cc(C(F)(F)F)ccc1Cl. The van der Waals surface area contributed by atoms with Crippen LogP contribution in [0, 0.1) is 0 Å². The number of alkyl halides is 3. The number of fused-ring (bicyclic) bond motifs is 1. The minimum atomic E-state index is -4.56. The zero-order valence-corrected chi connectivity index (χ0v) is 19.1. The highest BCUT2D eigenvalue weighted by Gasteiger charge is 2.31. The van der Waals surface area contributed by atoms with Crippen LogP contribution in [-0.4, -0.2) is 25.8 Å². The summed E-state index contributed by atoms with van der Waals surface area (Å²) < 4.78 is 40.6. The van der Waals surface area contributed by atoms with Crippen molar-refractivity contribution in [1.29, 1.82) is 0 Å². The van der Waals surface area contributed by atoms with Crippen molar-refractivity contribution in [2.24, 2.45) is 0 Å². The molecule has 5 aromatic rings. The second kappa shape index (κ2) is 9.01. The normalized spacial score (nSPS) is 11.5. The molecular formula is C23H14ClF3N6OS. The van der Waals surface area contributed by atoms with Gasteiger partial charge >= 0.3 is 12.2 Å². The lowest BCUT2D eigenvalue weighted by Crippen LogP contribution is -2.20. The van der Waals surface area contributed by atoms with Gasteiger partial charge in [-0.15, -0.1) is 21.5 Å². The van der Waals surface area contributed by atoms with Crippen molar-refractivity contribution in [3.05, 3.63) is 82.7 Å². The zero-order valence-electron chi connectivity index (χ0n) is 17.5. The molecule has 3 heterocycles. The van der Waals surface area contributed by atoms with Gasteiger partial charge in [0.25, 0.3) is 0 Å². The Morgan fingerprint density at radius 3 is 2.60 bits per heavy atom. The van der Waals surface area contributed by atoms with Crippen LogP contribution in [0.5, 0.6) is 0 Å². The van der Waals surface area contributed by atoms with E-state index in [4.69, 9.17) is 11.6 Å². The van der Waals surface area contributed by atoms with Crippen molar-refractivity contribution >= 4 is 46.0 Å². The number of amides is 2. The first kappa shape index (κ1) is 22.8. The van der Waals surface area contributed by atoms with Crippen LogP contribution in [0.4, 0.5) is 29.3 Å². The van der Waals surface area contributed by atoms with Gasteiger partial charge in [0.2, 0.25) is 0 Å². The fourth-order valence-corrected chi connectivity index (χ4v) is 4.20. The third-order valence-corrected chi connectivity index (χ3v) is 6.16. The number of urea groups is 1. The predicted octanol–water partition coefficient (Wildman–Crippen LogP) is 6.84. The summed E-state index contributed by atoms with van der Waals surface area (Å²) in [5.74, 6) is 0.614. The summed E-state index contributed by atoms with van der Waals surface area (Å²) in [6, 6.07) is 16.2. The van der Waals surface area contributed by atoms with Crippen LogP contribution in [0.15, 0.2) is 72.1 Å². The van der Waals surface area contributed by atoms with Crippen molar-refractivity contribution in [3.8, 4) is 22.0 Å². The quantitative estimate of drug-likeness (QED) is 0.275. The lowest BCUT2D eigenvalue weighted by Gasteiger charge is -2.13. The average Bonchev–Trinajstić information content (AvgIpc) is 3.49. The first-order valence-corrected chi connectivity index (χ1v) is 11.4. The Morgan fingerprint density at radius 1 is 0.971 bits per heavy atom. The van der Waals surface area contributed by atoms with Gasteiger partial charge in [0, 0.05) is 11.3 Å². The number of carbonyl (C=O) groups is 1. The minimum Gasteiger partial charge on any atom is -0.308 e. The molecule has 2 aromatic carbocycles. The van der Waals surface area contributed by atoms with Crippen molar-refractivity contribution in [1.82, 2.24) is 19.8 Å². The van der Waals surface area contributed by atoms with Gasteiger partial charge in [-0.1, -0.05) is 29.8 Å². The molecule has 176 valence electrons. The van der Waals surface area contributed by atoms with Gasteiger partial charge in [-0.25, -0.2) is 4.79 Å². The van der Waals surface area contributed by atoms with E-state index in [1.807, 2.05) is 23.6 Å². The Morgan fingerprint density at radius 2 is 1.83 bits per heavy atom. The van der Waals surface area contributed by atoms with Gasteiger partial charge in [0.1, 0.15) is 0 Å². The third kappa shape index (κ3) is 4.81. The molecule has 35 heavy (non-hydrogen) atoms.